The summed E-state index contributed by atoms with van der Waals surface area (Å²) in [5.74, 6) is 1.18. The van der Waals surface area contributed by atoms with Crippen LogP contribution in [0.1, 0.15) is 48.2 Å². The van der Waals surface area contributed by atoms with Gasteiger partial charge in [0.15, 0.2) is 5.52 Å². The van der Waals surface area contributed by atoms with Gasteiger partial charge < -0.3 is 10.1 Å². The molecule has 0 amide bonds. The summed E-state index contributed by atoms with van der Waals surface area (Å²) in [5, 5.41) is 13.8. The number of aliphatic hydroxyl groups excluding tert-OH is 1. The Balaban J connectivity index is 1.73. The number of hydrogen-bond acceptors (Lipinski definition) is 4. The van der Waals surface area contributed by atoms with Gasteiger partial charge in [0, 0.05) is 6.42 Å². The van der Waals surface area contributed by atoms with Gasteiger partial charge in [0.05, 0.1) is 12.3 Å². The quantitative estimate of drug-likeness (QED) is 0.767. The highest BCUT2D eigenvalue weighted by atomic mass is 16.3. The van der Waals surface area contributed by atoms with E-state index in [2.05, 4.69) is 46.3 Å². The molecule has 0 unspecified atom stereocenters. The second-order valence-corrected chi connectivity index (χ2v) is 6.87. The van der Waals surface area contributed by atoms with E-state index >= 15 is 0 Å². The van der Waals surface area contributed by atoms with Gasteiger partial charge in [-0.1, -0.05) is 31.2 Å². The van der Waals surface area contributed by atoms with Gasteiger partial charge in [-0.25, -0.2) is 9.50 Å². The zero-order valence-electron chi connectivity index (χ0n) is 13.8. The number of aromatic amines is 1. The van der Waals surface area contributed by atoms with Crippen molar-refractivity contribution in [3.63, 3.8) is 0 Å². The third-order valence-electron chi connectivity index (χ3n) is 4.92. The predicted octanol–water partition coefficient (Wildman–Crippen LogP) is 1.86. The fourth-order valence-corrected chi connectivity index (χ4v) is 3.15. The fraction of sp³-hybridized carbons (Fsp3) is 0.389. The van der Waals surface area contributed by atoms with Crippen LogP contribution >= 0.6 is 0 Å². The van der Waals surface area contributed by atoms with Crippen molar-refractivity contribution in [2.45, 2.75) is 45.1 Å². The molecule has 0 saturated heterocycles. The molecule has 2 heterocycles. The molecular formula is C18H20N4O2. The zero-order chi connectivity index (χ0) is 16.9. The van der Waals surface area contributed by atoms with Gasteiger partial charge in [-0.15, -0.1) is 0 Å². The van der Waals surface area contributed by atoms with E-state index in [-0.39, 0.29) is 12.2 Å². The van der Waals surface area contributed by atoms with E-state index in [1.807, 2.05) is 0 Å². The van der Waals surface area contributed by atoms with Crippen LogP contribution in [-0.4, -0.2) is 24.7 Å². The average molecular weight is 324 g/mol. The van der Waals surface area contributed by atoms with Crippen LogP contribution in [0.5, 0.6) is 0 Å². The Labute approximate surface area is 139 Å². The van der Waals surface area contributed by atoms with Gasteiger partial charge in [-0.3, -0.25) is 4.79 Å². The van der Waals surface area contributed by atoms with Crippen molar-refractivity contribution in [2.75, 3.05) is 0 Å². The number of benzene rings is 1. The molecule has 1 aliphatic rings. The van der Waals surface area contributed by atoms with Gasteiger partial charge in [-0.05, 0) is 36.3 Å². The number of H-pyrrole nitrogens is 1. The number of nitrogens with zero attached hydrogens (tertiary/aromatic N) is 3. The highest BCUT2D eigenvalue weighted by Gasteiger charge is 2.38. The van der Waals surface area contributed by atoms with E-state index in [0.717, 1.165) is 5.56 Å². The molecule has 1 fully saturated rings. The summed E-state index contributed by atoms with van der Waals surface area (Å²) < 4.78 is 1.55. The second kappa shape index (κ2) is 5.27. The van der Waals surface area contributed by atoms with Crippen molar-refractivity contribution in [2.24, 2.45) is 0 Å². The molecule has 0 bridgehead atoms. The summed E-state index contributed by atoms with van der Waals surface area (Å²) in [5.41, 5.74) is 3.25. The lowest BCUT2D eigenvalue weighted by Crippen LogP contribution is -2.16. The van der Waals surface area contributed by atoms with Crippen molar-refractivity contribution in [1.82, 2.24) is 19.6 Å². The smallest absolute Gasteiger partial charge is 0.277 e. The summed E-state index contributed by atoms with van der Waals surface area (Å²) in [6, 6.07) is 8.57. The molecule has 1 aromatic carbocycles. The van der Waals surface area contributed by atoms with Gasteiger partial charge in [0.2, 0.25) is 0 Å². The van der Waals surface area contributed by atoms with Crippen LogP contribution in [0.4, 0.5) is 0 Å². The van der Waals surface area contributed by atoms with Crippen LogP contribution in [0, 0.1) is 6.92 Å². The normalized spacial score (nSPS) is 15.8. The van der Waals surface area contributed by atoms with E-state index < -0.39 is 0 Å². The highest BCUT2D eigenvalue weighted by molar-refractivity contribution is 5.50. The molecule has 2 aromatic heterocycles. The summed E-state index contributed by atoms with van der Waals surface area (Å²) >= 11 is 0. The highest BCUT2D eigenvalue weighted by Crippen LogP contribution is 2.47. The molecule has 2 N–H and O–H groups in total. The Bertz CT molecular complexity index is 965. The lowest BCUT2D eigenvalue weighted by atomic mass is 9.97. The predicted molar refractivity (Wildman–Crippen MR) is 90.1 cm³/mol. The number of aromatic nitrogens is 4. The van der Waals surface area contributed by atoms with Gasteiger partial charge in [-0.2, -0.15) is 5.10 Å². The summed E-state index contributed by atoms with van der Waals surface area (Å²) in [7, 11) is 0. The Hall–Kier alpha value is -2.47. The van der Waals surface area contributed by atoms with E-state index in [0.29, 0.717) is 34.7 Å². The van der Waals surface area contributed by atoms with Crippen LogP contribution in [0.15, 0.2) is 29.1 Å². The first-order valence-corrected chi connectivity index (χ1v) is 8.18. The number of nitrogens with one attached hydrogen (secondary N) is 1. The van der Waals surface area contributed by atoms with Crippen LogP contribution in [0.2, 0.25) is 0 Å². The van der Waals surface area contributed by atoms with Gasteiger partial charge >= 0.3 is 0 Å². The van der Waals surface area contributed by atoms with Crippen LogP contribution in [0.3, 0.4) is 0 Å². The number of fused-ring (bicyclic) bond motifs is 1. The van der Waals surface area contributed by atoms with Crippen LogP contribution < -0.4 is 5.56 Å². The number of rotatable bonds is 4. The molecule has 3 aromatic rings. The maximum Gasteiger partial charge on any atom is 0.277 e. The average Bonchev–Trinajstić information content (AvgIpc) is 3.21. The molecule has 124 valence electrons. The minimum atomic E-state index is -0.283. The maximum atomic E-state index is 12.1. The standard InChI is InChI=1S/C18H20N4O2/c1-11-19-17(24)16-14(10-23)20-15(22(16)21-11)9-12-3-5-13(6-4-12)18(2)7-8-18/h3-6,23H,7-10H2,1-2H3,(H,19,21,24). The fourth-order valence-electron chi connectivity index (χ4n) is 3.15. The van der Waals surface area contributed by atoms with Crippen molar-refractivity contribution in [3.8, 4) is 0 Å². The molecule has 24 heavy (non-hydrogen) atoms. The van der Waals surface area contributed by atoms with Gasteiger partial charge in [0.25, 0.3) is 5.56 Å². The number of imidazole rings is 1. The Morgan fingerprint density at radius 2 is 2.00 bits per heavy atom. The van der Waals surface area contributed by atoms with Crippen molar-refractivity contribution < 1.29 is 5.11 Å². The summed E-state index contributed by atoms with van der Waals surface area (Å²) in [4.78, 5) is 19.2. The summed E-state index contributed by atoms with van der Waals surface area (Å²) in [6.45, 7) is 3.74. The molecule has 6 heteroatoms. The largest absolute Gasteiger partial charge is 0.390 e. The molecular weight excluding hydrogens is 304 g/mol. The number of hydrogen-bond donors (Lipinski definition) is 2. The third-order valence-corrected chi connectivity index (χ3v) is 4.92. The van der Waals surface area contributed by atoms with Gasteiger partial charge in [0.1, 0.15) is 11.6 Å². The molecule has 0 spiro atoms. The molecule has 0 radical (unpaired) electrons. The minimum Gasteiger partial charge on any atom is -0.390 e. The van der Waals surface area contributed by atoms with Crippen molar-refractivity contribution in [3.05, 3.63) is 63.1 Å². The Kier molecular flexibility index (Phi) is 3.31. The topological polar surface area (TPSA) is 83.3 Å². The lowest BCUT2D eigenvalue weighted by Gasteiger charge is -2.09. The number of aryl methyl sites for hydroxylation is 1. The van der Waals surface area contributed by atoms with E-state index in [1.165, 1.54) is 18.4 Å². The molecule has 1 aliphatic carbocycles. The van der Waals surface area contributed by atoms with E-state index in [4.69, 9.17) is 0 Å². The third kappa shape index (κ3) is 2.43. The second-order valence-electron chi connectivity index (χ2n) is 6.87. The van der Waals surface area contributed by atoms with Crippen molar-refractivity contribution in [1.29, 1.82) is 0 Å². The van der Waals surface area contributed by atoms with E-state index in [9.17, 15) is 9.90 Å². The van der Waals surface area contributed by atoms with Crippen molar-refractivity contribution >= 4 is 5.52 Å². The van der Waals surface area contributed by atoms with E-state index in [1.54, 1.807) is 11.4 Å². The molecule has 0 aliphatic heterocycles. The Morgan fingerprint density at radius 1 is 1.29 bits per heavy atom. The Morgan fingerprint density at radius 3 is 2.62 bits per heavy atom. The van der Waals surface area contributed by atoms with Crippen LogP contribution in [0.25, 0.3) is 5.52 Å². The first kappa shape index (κ1) is 15.1. The SMILES string of the molecule is Cc1nn2c(Cc3ccc(C4(C)CC4)cc3)nc(CO)c2c(=O)[nH]1. The number of aliphatic hydroxyl groups is 1. The molecule has 4 rings (SSSR count). The monoisotopic (exact) mass is 324 g/mol. The molecule has 6 nitrogen and oxygen atoms in total. The molecule has 0 atom stereocenters. The van der Waals surface area contributed by atoms with Crippen LogP contribution in [-0.2, 0) is 18.4 Å². The summed E-state index contributed by atoms with van der Waals surface area (Å²) in [6.07, 6.45) is 3.07. The zero-order valence-corrected chi connectivity index (χ0v) is 13.8. The maximum absolute atomic E-state index is 12.1. The minimum absolute atomic E-state index is 0.276. The first-order chi connectivity index (χ1) is 11.5. The first-order valence-electron chi connectivity index (χ1n) is 8.18. The lowest BCUT2D eigenvalue weighted by molar-refractivity contribution is 0.278. The molecule has 1 saturated carbocycles.